The summed E-state index contributed by atoms with van der Waals surface area (Å²) < 4.78 is 23.3. The van der Waals surface area contributed by atoms with Crippen molar-refractivity contribution in [2.45, 2.75) is 55.5 Å². The Morgan fingerprint density at radius 3 is 2.25 bits per heavy atom. The smallest absolute Gasteiger partial charge is 0.227 e. The molecule has 1 amide bonds. The Bertz CT molecular complexity index is 969. The number of amides is 1. The minimum atomic E-state index is -3.24. The topological polar surface area (TPSA) is 92.5 Å². The molecule has 3 N–H and O–H groups in total. The molecule has 0 bridgehead atoms. The van der Waals surface area contributed by atoms with Crippen LogP contribution in [0.5, 0.6) is 0 Å². The average Bonchev–Trinajstić information content (AvgIpc) is 2.79. The van der Waals surface area contributed by atoms with Crippen molar-refractivity contribution in [1.29, 1.82) is 0 Å². The van der Waals surface area contributed by atoms with E-state index in [0.29, 0.717) is 6.42 Å². The minimum Gasteiger partial charge on any atom is -0.353 e. The fourth-order valence-electron chi connectivity index (χ4n) is 4.31. The van der Waals surface area contributed by atoms with E-state index in [2.05, 4.69) is 22.3 Å². The van der Waals surface area contributed by atoms with E-state index in [4.69, 9.17) is 5.73 Å². The van der Waals surface area contributed by atoms with Gasteiger partial charge < -0.3 is 16.0 Å². The molecule has 1 saturated heterocycles. The number of rotatable bonds is 9. The second-order valence-electron chi connectivity index (χ2n) is 8.73. The Morgan fingerprint density at radius 1 is 1.06 bits per heavy atom. The molecule has 1 heterocycles. The first-order valence-electron chi connectivity index (χ1n) is 11.4. The van der Waals surface area contributed by atoms with Crippen molar-refractivity contribution >= 4 is 15.7 Å². The van der Waals surface area contributed by atoms with Crippen LogP contribution in [0.25, 0.3) is 0 Å². The molecule has 3 rings (SSSR count). The van der Waals surface area contributed by atoms with Crippen molar-refractivity contribution in [2.24, 2.45) is 5.73 Å². The molecule has 2 aromatic rings. The third-order valence-corrected chi connectivity index (χ3v) is 7.48. The van der Waals surface area contributed by atoms with Gasteiger partial charge in [0, 0.05) is 31.4 Å². The number of piperidine rings is 1. The molecule has 2 aromatic carbocycles. The fourth-order valence-corrected chi connectivity index (χ4v) is 4.94. The SMILES string of the molecule is CCC(C(=O)NC1CCN(CCC(N)c2ccccc2)CC1)c1ccc(S(C)(=O)=O)cc1. The summed E-state index contributed by atoms with van der Waals surface area (Å²) in [7, 11) is -3.24. The van der Waals surface area contributed by atoms with Crippen molar-refractivity contribution in [3.63, 3.8) is 0 Å². The number of carbonyl (C=O) groups excluding carboxylic acids is 1. The maximum Gasteiger partial charge on any atom is 0.227 e. The van der Waals surface area contributed by atoms with Crippen molar-refractivity contribution in [2.75, 3.05) is 25.9 Å². The van der Waals surface area contributed by atoms with Gasteiger partial charge in [-0.25, -0.2) is 8.42 Å². The van der Waals surface area contributed by atoms with Crippen LogP contribution in [0, 0.1) is 0 Å². The summed E-state index contributed by atoms with van der Waals surface area (Å²) in [4.78, 5) is 15.6. The van der Waals surface area contributed by atoms with E-state index in [-0.39, 0.29) is 28.8 Å². The summed E-state index contributed by atoms with van der Waals surface area (Å²) in [5.74, 6) is -0.255. The molecule has 7 heteroatoms. The molecule has 1 aliphatic rings. The minimum absolute atomic E-state index is 0.0177. The molecule has 174 valence electrons. The molecule has 32 heavy (non-hydrogen) atoms. The summed E-state index contributed by atoms with van der Waals surface area (Å²) in [6, 6.07) is 17.1. The first-order chi connectivity index (χ1) is 15.3. The Labute approximate surface area is 192 Å². The van der Waals surface area contributed by atoms with Gasteiger partial charge in [-0.3, -0.25) is 4.79 Å². The number of nitrogens with two attached hydrogens (primary N) is 1. The second-order valence-corrected chi connectivity index (χ2v) is 10.7. The van der Waals surface area contributed by atoms with E-state index in [0.717, 1.165) is 44.5 Å². The van der Waals surface area contributed by atoms with Gasteiger partial charge in [-0.15, -0.1) is 0 Å². The van der Waals surface area contributed by atoms with E-state index in [1.54, 1.807) is 24.3 Å². The molecule has 2 atom stereocenters. The van der Waals surface area contributed by atoms with Crippen LogP contribution < -0.4 is 11.1 Å². The highest BCUT2D eigenvalue weighted by molar-refractivity contribution is 7.90. The van der Waals surface area contributed by atoms with Gasteiger partial charge in [0.15, 0.2) is 9.84 Å². The molecule has 0 spiro atoms. The quantitative estimate of drug-likeness (QED) is 0.603. The number of nitrogens with zero attached hydrogens (tertiary/aromatic N) is 1. The largest absolute Gasteiger partial charge is 0.353 e. The molecular weight excluding hydrogens is 422 g/mol. The lowest BCUT2D eigenvalue weighted by Gasteiger charge is -2.33. The number of hydrogen-bond acceptors (Lipinski definition) is 5. The summed E-state index contributed by atoms with van der Waals surface area (Å²) in [6.07, 6.45) is 4.63. The first-order valence-corrected chi connectivity index (χ1v) is 13.3. The average molecular weight is 458 g/mol. The molecule has 0 radical (unpaired) electrons. The van der Waals surface area contributed by atoms with E-state index >= 15 is 0 Å². The monoisotopic (exact) mass is 457 g/mol. The van der Waals surface area contributed by atoms with Gasteiger partial charge in [0.05, 0.1) is 10.8 Å². The summed E-state index contributed by atoms with van der Waals surface area (Å²) in [5.41, 5.74) is 8.35. The molecule has 2 unspecified atom stereocenters. The molecular formula is C25H35N3O3S. The maximum atomic E-state index is 12.9. The van der Waals surface area contributed by atoms with Gasteiger partial charge >= 0.3 is 0 Å². The first kappa shape index (κ1) is 24.4. The van der Waals surface area contributed by atoms with Gasteiger partial charge in [0.1, 0.15) is 0 Å². The number of carbonyl (C=O) groups is 1. The number of nitrogens with one attached hydrogen (secondary N) is 1. The predicted molar refractivity (Wildman–Crippen MR) is 128 cm³/mol. The van der Waals surface area contributed by atoms with Gasteiger partial charge in [-0.05, 0) is 55.5 Å². The zero-order chi connectivity index (χ0) is 23.1. The lowest BCUT2D eigenvalue weighted by Crippen LogP contribution is -2.46. The molecule has 1 aliphatic heterocycles. The highest BCUT2D eigenvalue weighted by Crippen LogP contribution is 2.23. The van der Waals surface area contributed by atoms with Crippen molar-refractivity contribution in [3.8, 4) is 0 Å². The van der Waals surface area contributed by atoms with Gasteiger partial charge in [0.25, 0.3) is 0 Å². The van der Waals surface area contributed by atoms with Crippen molar-refractivity contribution in [1.82, 2.24) is 10.2 Å². The highest BCUT2D eigenvalue weighted by Gasteiger charge is 2.25. The Hall–Kier alpha value is -2.22. The Kier molecular flexibility index (Phi) is 8.45. The molecule has 6 nitrogen and oxygen atoms in total. The molecule has 0 aliphatic carbocycles. The zero-order valence-corrected chi connectivity index (χ0v) is 19.9. The molecule has 0 aromatic heterocycles. The number of likely N-dealkylation sites (tertiary alicyclic amines) is 1. The summed E-state index contributed by atoms with van der Waals surface area (Å²) in [5, 5.41) is 3.22. The van der Waals surface area contributed by atoms with Crippen LogP contribution in [0.15, 0.2) is 59.5 Å². The van der Waals surface area contributed by atoms with Gasteiger partial charge in [-0.2, -0.15) is 0 Å². The van der Waals surface area contributed by atoms with Gasteiger partial charge in [-0.1, -0.05) is 49.4 Å². The van der Waals surface area contributed by atoms with Crippen LogP contribution in [-0.2, 0) is 14.6 Å². The van der Waals surface area contributed by atoms with Crippen LogP contribution in [0.1, 0.15) is 55.7 Å². The summed E-state index contributed by atoms with van der Waals surface area (Å²) >= 11 is 0. The van der Waals surface area contributed by atoms with E-state index < -0.39 is 9.84 Å². The zero-order valence-electron chi connectivity index (χ0n) is 19.0. The normalized spacial score (nSPS) is 17.6. The number of benzene rings is 2. The Morgan fingerprint density at radius 2 is 1.69 bits per heavy atom. The van der Waals surface area contributed by atoms with E-state index in [1.165, 1.54) is 11.8 Å². The van der Waals surface area contributed by atoms with E-state index in [9.17, 15) is 13.2 Å². The fraction of sp³-hybridized carbons (Fsp3) is 0.480. The van der Waals surface area contributed by atoms with Crippen LogP contribution >= 0.6 is 0 Å². The van der Waals surface area contributed by atoms with Crippen molar-refractivity contribution < 1.29 is 13.2 Å². The number of sulfone groups is 1. The Balaban J connectivity index is 1.47. The highest BCUT2D eigenvalue weighted by atomic mass is 32.2. The lowest BCUT2D eigenvalue weighted by molar-refractivity contribution is -0.123. The summed E-state index contributed by atoms with van der Waals surface area (Å²) in [6.45, 7) is 4.84. The maximum absolute atomic E-state index is 12.9. The second kappa shape index (κ2) is 11.1. The van der Waals surface area contributed by atoms with Crippen LogP contribution in [0.2, 0.25) is 0 Å². The van der Waals surface area contributed by atoms with Crippen LogP contribution in [0.3, 0.4) is 0 Å². The molecule has 0 saturated carbocycles. The number of hydrogen-bond donors (Lipinski definition) is 2. The van der Waals surface area contributed by atoms with E-state index in [1.807, 2.05) is 25.1 Å². The lowest BCUT2D eigenvalue weighted by atomic mass is 9.94. The third kappa shape index (κ3) is 6.64. The van der Waals surface area contributed by atoms with Gasteiger partial charge in [0.2, 0.25) is 5.91 Å². The van der Waals surface area contributed by atoms with Crippen LogP contribution in [-0.4, -0.2) is 51.2 Å². The molecule has 1 fully saturated rings. The third-order valence-electron chi connectivity index (χ3n) is 6.35. The van der Waals surface area contributed by atoms with Crippen LogP contribution in [0.4, 0.5) is 0 Å². The standard InChI is InChI=1S/C25H35N3O3S/c1-3-23(19-9-11-22(12-10-19)32(2,30)31)25(29)27-21-13-16-28(17-14-21)18-15-24(26)20-7-5-4-6-8-20/h4-12,21,23-24H,3,13-18,26H2,1-2H3,(H,27,29). The predicted octanol–water partition coefficient (Wildman–Crippen LogP) is 3.25. The van der Waals surface area contributed by atoms with Crippen molar-refractivity contribution in [3.05, 3.63) is 65.7 Å².